The summed E-state index contributed by atoms with van der Waals surface area (Å²) in [7, 11) is 0. The van der Waals surface area contributed by atoms with Gasteiger partial charge in [-0.1, -0.05) is 28.1 Å². The lowest BCUT2D eigenvalue weighted by molar-refractivity contribution is 0.198. The lowest BCUT2D eigenvalue weighted by Gasteiger charge is -2.31. The van der Waals surface area contributed by atoms with E-state index in [4.69, 9.17) is 4.98 Å². The molecule has 0 bridgehead atoms. The number of nitrogens with one attached hydrogen (secondary N) is 1. The predicted octanol–water partition coefficient (Wildman–Crippen LogP) is 3.79. The smallest absolute Gasteiger partial charge is 0.123 e. The van der Waals surface area contributed by atoms with Crippen molar-refractivity contribution < 1.29 is 0 Å². The number of aromatic nitrogens is 1. The minimum absolute atomic E-state index is 0. The van der Waals surface area contributed by atoms with Gasteiger partial charge in [-0.15, -0.1) is 23.7 Å². The lowest BCUT2D eigenvalue weighted by atomic mass is 10.2. The van der Waals surface area contributed by atoms with E-state index < -0.39 is 0 Å². The van der Waals surface area contributed by atoms with Crippen LogP contribution in [0, 0.1) is 0 Å². The molecule has 1 aliphatic heterocycles. The summed E-state index contributed by atoms with van der Waals surface area (Å²) in [5.41, 5.74) is 2.36. The van der Waals surface area contributed by atoms with Gasteiger partial charge in [-0.3, -0.25) is 4.90 Å². The summed E-state index contributed by atoms with van der Waals surface area (Å²) in [5, 5.41) is 6.76. The summed E-state index contributed by atoms with van der Waals surface area (Å²) < 4.78 is 1.10. The summed E-state index contributed by atoms with van der Waals surface area (Å²) in [6.45, 7) is 6.47. The molecule has 1 unspecified atom stereocenters. The first-order valence-corrected chi connectivity index (χ1v) is 8.54. The van der Waals surface area contributed by atoms with E-state index in [-0.39, 0.29) is 12.4 Å². The number of piperazine rings is 1. The number of halogens is 2. The van der Waals surface area contributed by atoms with Crippen molar-refractivity contribution in [2.24, 2.45) is 0 Å². The van der Waals surface area contributed by atoms with Gasteiger partial charge in [0, 0.05) is 47.6 Å². The largest absolute Gasteiger partial charge is 0.312 e. The fraction of sp³-hybridized carbons (Fsp3) is 0.400. The molecule has 1 aromatic carbocycles. The van der Waals surface area contributed by atoms with Crippen molar-refractivity contribution in [3.8, 4) is 10.6 Å². The SMILES string of the molecule is CC1CN(Cc2csc(-c3cccc(Br)c3)n2)CCN1.Cl. The maximum Gasteiger partial charge on any atom is 0.123 e. The van der Waals surface area contributed by atoms with E-state index in [9.17, 15) is 0 Å². The van der Waals surface area contributed by atoms with Crippen LogP contribution in [-0.2, 0) is 6.54 Å². The zero-order valence-corrected chi connectivity index (χ0v) is 15.1. The van der Waals surface area contributed by atoms with Crippen molar-refractivity contribution in [2.45, 2.75) is 19.5 Å². The van der Waals surface area contributed by atoms with Gasteiger partial charge in [0.1, 0.15) is 5.01 Å². The number of benzene rings is 1. The van der Waals surface area contributed by atoms with Crippen LogP contribution in [0.5, 0.6) is 0 Å². The molecule has 1 aromatic heterocycles. The van der Waals surface area contributed by atoms with Crippen LogP contribution in [0.1, 0.15) is 12.6 Å². The van der Waals surface area contributed by atoms with E-state index in [0.29, 0.717) is 6.04 Å². The average Bonchev–Trinajstić information content (AvgIpc) is 2.87. The third-order valence-corrected chi connectivity index (χ3v) is 4.90. The van der Waals surface area contributed by atoms with Gasteiger partial charge in [0.25, 0.3) is 0 Å². The normalized spacial score (nSPS) is 19.2. The molecule has 0 amide bonds. The standard InChI is InChI=1S/C15H18BrN3S.ClH/c1-11-8-19(6-5-17-11)9-14-10-20-15(18-14)12-3-2-4-13(16)7-12;/h2-4,7,10-11,17H,5-6,8-9H2,1H3;1H. The molecule has 1 aliphatic rings. The van der Waals surface area contributed by atoms with E-state index >= 15 is 0 Å². The summed E-state index contributed by atoms with van der Waals surface area (Å²) in [4.78, 5) is 7.25. The Morgan fingerprint density at radius 2 is 2.33 bits per heavy atom. The Kier molecular flexibility index (Phi) is 6.20. The van der Waals surface area contributed by atoms with Crippen LogP contribution in [0.3, 0.4) is 0 Å². The van der Waals surface area contributed by atoms with Crippen LogP contribution in [0.4, 0.5) is 0 Å². The van der Waals surface area contributed by atoms with Gasteiger partial charge in [-0.25, -0.2) is 4.98 Å². The van der Waals surface area contributed by atoms with Crippen molar-refractivity contribution in [2.75, 3.05) is 19.6 Å². The van der Waals surface area contributed by atoms with Crippen LogP contribution in [0.25, 0.3) is 10.6 Å². The van der Waals surface area contributed by atoms with E-state index in [0.717, 1.165) is 35.7 Å². The molecular weight excluding hydrogens is 370 g/mol. The molecule has 0 radical (unpaired) electrons. The van der Waals surface area contributed by atoms with E-state index in [1.807, 2.05) is 6.07 Å². The third kappa shape index (κ3) is 4.50. The average molecular weight is 389 g/mol. The fourth-order valence-electron chi connectivity index (χ4n) is 2.52. The molecule has 1 fully saturated rings. The number of hydrogen-bond donors (Lipinski definition) is 1. The second-order valence-corrected chi connectivity index (χ2v) is 7.02. The van der Waals surface area contributed by atoms with Gasteiger partial charge < -0.3 is 5.32 Å². The molecule has 1 saturated heterocycles. The van der Waals surface area contributed by atoms with Gasteiger partial charge in [0.15, 0.2) is 0 Å². The maximum absolute atomic E-state index is 4.78. The molecule has 1 N–H and O–H groups in total. The minimum atomic E-state index is 0. The summed E-state index contributed by atoms with van der Waals surface area (Å²) in [6.07, 6.45) is 0. The van der Waals surface area contributed by atoms with Crippen LogP contribution in [0.2, 0.25) is 0 Å². The van der Waals surface area contributed by atoms with Crippen LogP contribution >= 0.6 is 39.7 Å². The van der Waals surface area contributed by atoms with Gasteiger partial charge in [0.05, 0.1) is 5.69 Å². The van der Waals surface area contributed by atoms with Gasteiger partial charge in [0.2, 0.25) is 0 Å². The van der Waals surface area contributed by atoms with Gasteiger partial charge >= 0.3 is 0 Å². The van der Waals surface area contributed by atoms with E-state index in [1.54, 1.807) is 11.3 Å². The zero-order chi connectivity index (χ0) is 13.9. The highest BCUT2D eigenvalue weighted by Crippen LogP contribution is 2.26. The van der Waals surface area contributed by atoms with Crippen molar-refractivity contribution in [1.29, 1.82) is 0 Å². The van der Waals surface area contributed by atoms with Crippen molar-refractivity contribution in [1.82, 2.24) is 15.2 Å². The van der Waals surface area contributed by atoms with Crippen molar-refractivity contribution in [3.05, 3.63) is 39.8 Å². The Hall–Kier alpha value is -0.460. The molecule has 21 heavy (non-hydrogen) atoms. The Labute approximate surface area is 144 Å². The maximum atomic E-state index is 4.78. The molecule has 1 atom stereocenters. The molecule has 114 valence electrons. The highest BCUT2D eigenvalue weighted by Gasteiger charge is 2.16. The molecule has 3 rings (SSSR count). The fourth-order valence-corrected chi connectivity index (χ4v) is 3.73. The Bertz CT molecular complexity index is 590. The van der Waals surface area contributed by atoms with Crippen LogP contribution in [-0.4, -0.2) is 35.6 Å². The summed E-state index contributed by atoms with van der Waals surface area (Å²) in [6, 6.07) is 8.90. The summed E-state index contributed by atoms with van der Waals surface area (Å²) >= 11 is 5.24. The molecule has 2 aromatic rings. The van der Waals surface area contributed by atoms with E-state index in [1.165, 1.54) is 11.3 Å². The molecule has 2 heterocycles. The van der Waals surface area contributed by atoms with Gasteiger partial charge in [-0.05, 0) is 19.1 Å². The van der Waals surface area contributed by atoms with Crippen LogP contribution < -0.4 is 5.32 Å². The Morgan fingerprint density at radius 3 is 3.10 bits per heavy atom. The number of nitrogens with zero attached hydrogens (tertiary/aromatic N) is 2. The predicted molar refractivity (Wildman–Crippen MR) is 95.2 cm³/mol. The topological polar surface area (TPSA) is 28.2 Å². The monoisotopic (exact) mass is 387 g/mol. The Balaban J connectivity index is 0.00000161. The van der Waals surface area contributed by atoms with Crippen molar-refractivity contribution >= 4 is 39.7 Å². The first-order chi connectivity index (χ1) is 9.70. The van der Waals surface area contributed by atoms with Gasteiger partial charge in [-0.2, -0.15) is 0 Å². The highest BCUT2D eigenvalue weighted by molar-refractivity contribution is 9.10. The lowest BCUT2D eigenvalue weighted by Crippen LogP contribution is -2.48. The first kappa shape index (κ1) is 16.9. The zero-order valence-electron chi connectivity index (χ0n) is 11.9. The summed E-state index contributed by atoms with van der Waals surface area (Å²) in [5.74, 6) is 0. The highest BCUT2D eigenvalue weighted by atomic mass is 79.9. The second-order valence-electron chi connectivity index (χ2n) is 5.24. The number of hydrogen-bond acceptors (Lipinski definition) is 4. The molecule has 3 nitrogen and oxygen atoms in total. The molecule has 0 saturated carbocycles. The third-order valence-electron chi connectivity index (χ3n) is 3.46. The molecule has 6 heteroatoms. The Morgan fingerprint density at radius 1 is 1.48 bits per heavy atom. The molecule has 0 aliphatic carbocycles. The molecular formula is C15H19BrClN3S. The number of thiazole rings is 1. The number of rotatable bonds is 3. The van der Waals surface area contributed by atoms with Crippen molar-refractivity contribution in [3.63, 3.8) is 0 Å². The van der Waals surface area contributed by atoms with E-state index in [2.05, 4.69) is 56.6 Å². The minimum Gasteiger partial charge on any atom is -0.312 e. The van der Waals surface area contributed by atoms with Crippen LogP contribution in [0.15, 0.2) is 34.1 Å². The first-order valence-electron chi connectivity index (χ1n) is 6.87. The molecule has 0 spiro atoms. The quantitative estimate of drug-likeness (QED) is 0.867. The second kappa shape index (κ2) is 7.70.